The van der Waals surface area contributed by atoms with Gasteiger partial charge in [0.05, 0.1) is 5.69 Å². The molecule has 0 radical (unpaired) electrons. The maximum absolute atomic E-state index is 12.7. The van der Waals surface area contributed by atoms with E-state index in [1.54, 1.807) is 6.20 Å². The molecule has 8 nitrogen and oxygen atoms in total. The van der Waals surface area contributed by atoms with Crippen molar-refractivity contribution < 1.29 is 4.79 Å². The summed E-state index contributed by atoms with van der Waals surface area (Å²) in [4.78, 5) is 24.3. The first-order valence-corrected chi connectivity index (χ1v) is 12.8. The number of aromatic nitrogens is 5. The Morgan fingerprint density at radius 1 is 1.17 bits per heavy atom. The minimum Gasteiger partial charge on any atom is -0.350 e. The number of hydrogen-bond donors (Lipinski definition) is 1. The average molecular weight is 488 g/mol. The summed E-state index contributed by atoms with van der Waals surface area (Å²) in [6.07, 6.45) is 8.10. The van der Waals surface area contributed by atoms with E-state index < -0.39 is 0 Å². The Labute approximate surface area is 213 Å². The molecule has 0 aliphatic carbocycles. The molecule has 190 valence electrons. The zero-order valence-corrected chi connectivity index (χ0v) is 22.2. The fourth-order valence-electron chi connectivity index (χ4n) is 4.38. The zero-order chi connectivity index (χ0) is 25.8. The lowest BCUT2D eigenvalue weighted by molar-refractivity contribution is 0.0941. The quantitative estimate of drug-likeness (QED) is 0.275. The van der Waals surface area contributed by atoms with Crippen LogP contribution < -0.4 is 5.32 Å². The van der Waals surface area contributed by atoms with Crippen molar-refractivity contribution in [2.45, 2.75) is 54.0 Å². The fraction of sp³-hybridized carbons (Fsp3) is 0.429. The Kier molecular flexibility index (Phi) is 7.84. The largest absolute Gasteiger partial charge is 0.350 e. The summed E-state index contributed by atoms with van der Waals surface area (Å²) in [6, 6.07) is 7.84. The number of nitrogens with zero attached hydrogens (tertiary/aromatic N) is 6. The van der Waals surface area contributed by atoms with Gasteiger partial charge in [-0.3, -0.25) is 9.69 Å². The highest BCUT2D eigenvalue weighted by atomic mass is 16.1. The van der Waals surface area contributed by atoms with Gasteiger partial charge in [0.2, 0.25) is 5.95 Å². The molecule has 0 aliphatic heterocycles. The SMILES string of the molecule is CCCCN(CC)Cc1cn(-c2ccnc(Nc3ccc4c(c3)c(C(=O)C(C)C)cn4C)n2)nc1C. The Morgan fingerprint density at radius 3 is 2.69 bits per heavy atom. The predicted octanol–water partition coefficient (Wildman–Crippen LogP) is 5.67. The van der Waals surface area contributed by atoms with Crippen LogP contribution in [0.5, 0.6) is 0 Å². The second kappa shape index (κ2) is 11.0. The number of hydrogen-bond acceptors (Lipinski definition) is 6. The van der Waals surface area contributed by atoms with Crippen molar-refractivity contribution in [1.82, 2.24) is 29.2 Å². The molecule has 0 bridgehead atoms. The van der Waals surface area contributed by atoms with Gasteiger partial charge in [0, 0.05) is 71.9 Å². The van der Waals surface area contributed by atoms with E-state index in [9.17, 15) is 4.79 Å². The Balaban J connectivity index is 1.57. The van der Waals surface area contributed by atoms with Crippen LogP contribution in [0.2, 0.25) is 0 Å². The summed E-state index contributed by atoms with van der Waals surface area (Å²) >= 11 is 0. The van der Waals surface area contributed by atoms with Crippen LogP contribution in [-0.4, -0.2) is 48.1 Å². The summed E-state index contributed by atoms with van der Waals surface area (Å²) in [5.41, 5.74) is 4.79. The van der Waals surface area contributed by atoms with Crippen molar-refractivity contribution in [2.24, 2.45) is 13.0 Å². The lowest BCUT2D eigenvalue weighted by Crippen LogP contribution is -2.24. The maximum Gasteiger partial charge on any atom is 0.229 e. The minimum absolute atomic E-state index is 0.0642. The number of anilines is 2. The van der Waals surface area contributed by atoms with Gasteiger partial charge >= 0.3 is 0 Å². The number of benzene rings is 1. The van der Waals surface area contributed by atoms with Crippen molar-refractivity contribution in [3.05, 3.63) is 59.7 Å². The molecule has 0 fully saturated rings. The van der Waals surface area contributed by atoms with Crippen molar-refractivity contribution >= 4 is 28.3 Å². The molecule has 0 amide bonds. The van der Waals surface area contributed by atoms with E-state index in [1.807, 2.05) is 67.5 Å². The van der Waals surface area contributed by atoms with E-state index in [1.165, 1.54) is 18.4 Å². The number of ketones is 1. The van der Waals surface area contributed by atoms with E-state index in [4.69, 9.17) is 10.1 Å². The van der Waals surface area contributed by atoms with Gasteiger partial charge in [-0.2, -0.15) is 10.1 Å². The zero-order valence-electron chi connectivity index (χ0n) is 22.2. The molecule has 3 aromatic heterocycles. The molecule has 3 heterocycles. The number of Topliss-reactive ketones (excluding diaryl/α,β-unsaturated/α-hetero) is 1. The standard InChI is InChI=1S/C28H37N7O/c1-7-9-14-34(8-2)16-21-17-35(32-20(21)5)26-12-13-29-28(31-26)30-22-10-11-25-23(15-22)24(18-33(25)6)27(36)19(3)4/h10-13,15,17-19H,7-9,14,16H2,1-6H3,(H,29,30,31). The van der Waals surface area contributed by atoms with Crippen LogP contribution >= 0.6 is 0 Å². The molecule has 0 spiro atoms. The van der Waals surface area contributed by atoms with E-state index >= 15 is 0 Å². The van der Waals surface area contributed by atoms with Gasteiger partial charge < -0.3 is 9.88 Å². The number of fused-ring (bicyclic) bond motifs is 1. The second-order valence-corrected chi connectivity index (χ2v) is 9.67. The van der Waals surface area contributed by atoms with Crippen LogP contribution in [0, 0.1) is 12.8 Å². The summed E-state index contributed by atoms with van der Waals surface area (Å²) in [5.74, 6) is 1.25. The normalized spacial score (nSPS) is 11.7. The molecular weight excluding hydrogens is 450 g/mol. The third-order valence-corrected chi connectivity index (χ3v) is 6.58. The highest BCUT2D eigenvalue weighted by Crippen LogP contribution is 2.27. The number of carbonyl (C=O) groups is 1. The molecule has 0 atom stereocenters. The van der Waals surface area contributed by atoms with Crippen molar-refractivity contribution in [2.75, 3.05) is 18.4 Å². The molecule has 1 N–H and O–H groups in total. The first kappa shape index (κ1) is 25.6. The fourth-order valence-corrected chi connectivity index (χ4v) is 4.38. The van der Waals surface area contributed by atoms with Crippen molar-refractivity contribution in [3.8, 4) is 5.82 Å². The molecule has 0 saturated heterocycles. The van der Waals surface area contributed by atoms with Gasteiger partial charge in [-0.15, -0.1) is 0 Å². The maximum atomic E-state index is 12.7. The molecule has 36 heavy (non-hydrogen) atoms. The van der Waals surface area contributed by atoms with Gasteiger partial charge in [-0.1, -0.05) is 34.1 Å². The van der Waals surface area contributed by atoms with Crippen LogP contribution in [0.4, 0.5) is 11.6 Å². The molecule has 0 saturated carbocycles. The average Bonchev–Trinajstić information content (AvgIpc) is 3.40. The molecule has 0 aliphatic rings. The smallest absolute Gasteiger partial charge is 0.229 e. The minimum atomic E-state index is -0.0642. The molecule has 4 rings (SSSR count). The van der Waals surface area contributed by atoms with E-state index in [0.717, 1.165) is 47.5 Å². The summed E-state index contributed by atoms with van der Waals surface area (Å²) in [5, 5.41) is 8.95. The first-order valence-electron chi connectivity index (χ1n) is 12.8. The highest BCUT2D eigenvalue weighted by Gasteiger charge is 2.17. The molecule has 4 aromatic rings. The van der Waals surface area contributed by atoms with Crippen LogP contribution in [-0.2, 0) is 13.6 Å². The lowest BCUT2D eigenvalue weighted by atomic mass is 10.0. The number of nitrogens with one attached hydrogen (secondary N) is 1. The Morgan fingerprint density at radius 2 is 1.97 bits per heavy atom. The van der Waals surface area contributed by atoms with Crippen LogP contribution in [0.1, 0.15) is 62.2 Å². The molecular formula is C28H37N7O. The highest BCUT2D eigenvalue weighted by molar-refractivity contribution is 6.09. The molecule has 1 aromatic carbocycles. The second-order valence-electron chi connectivity index (χ2n) is 9.67. The third kappa shape index (κ3) is 5.49. The van der Waals surface area contributed by atoms with Crippen LogP contribution in [0.25, 0.3) is 16.7 Å². The third-order valence-electron chi connectivity index (χ3n) is 6.58. The van der Waals surface area contributed by atoms with Gasteiger partial charge in [-0.25, -0.2) is 9.67 Å². The Bertz CT molecular complexity index is 1350. The van der Waals surface area contributed by atoms with Crippen LogP contribution in [0.3, 0.4) is 0 Å². The van der Waals surface area contributed by atoms with Crippen molar-refractivity contribution in [1.29, 1.82) is 0 Å². The topological polar surface area (TPSA) is 80.9 Å². The van der Waals surface area contributed by atoms with E-state index in [-0.39, 0.29) is 11.7 Å². The van der Waals surface area contributed by atoms with Crippen molar-refractivity contribution in [3.63, 3.8) is 0 Å². The number of unbranched alkanes of at least 4 members (excludes halogenated alkanes) is 1. The summed E-state index contributed by atoms with van der Waals surface area (Å²) < 4.78 is 3.82. The lowest BCUT2D eigenvalue weighted by Gasteiger charge is -2.19. The monoisotopic (exact) mass is 487 g/mol. The summed E-state index contributed by atoms with van der Waals surface area (Å²) in [6.45, 7) is 13.3. The number of rotatable bonds is 11. The van der Waals surface area contributed by atoms with E-state index in [2.05, 4.69) is 35.2 Å². The Hall–Kier alpha value is -3.52. The van der Waals surface area contributed by atoms with Crippen LogP contribution in [0.15, 0.2) is 42.9 Å². The number of carbonyl (C=O) groups excluding carboxylic acids is 1. The molecule has 0 unspecified atom stereocenters. The predicted molar refractivity (Wildman–Crippen MR) is 145 cm³/mol. The van der Waals surface area contributed by atoms with Gasteiger partial charge in [0.15, 0.2) is 11.6 Å². The number of aryl methyl sites for hydroxylation is 2. The van der Waals surface area contributed by atoms with Gasteiger partial charge in [0.1, 0.15) is 0 Å². The molecule has 8 heteroatoms. The van der Waals surface area contributed by atoms with E-state index in [0.29, 0.717) is 11.8 Å². The summed E-state index contributed by atoms with van der Waals surface area (Å²) in [7, 11) is 1.96. The first-order chi connectivity index (χ1) is 17.3. The van der Waals surface area contributed by atoms with Gasteiger partial charge in [0.25, 0.3) is 0 Å². The van der Waals surface area contributed by atoms with Gasteiger partial charge in [-0.05, 0) is 44.6 Å².